The SMILES string of the molecule is C[Si](C)(C)C(F)(C(=O)N(F)F)[Si](C)(C)C.C[Si](C)(C)Cl.C[Si](C)(C)n1ccnc1. The van der Waals surface area contributed by atoms with Crippen molar-refractivity contribution in [3.63, 3.8) is 0 Å². The third kappa shape index (κ3) is 11.0. The highest BCUT2D eigenvalue weighted by Crippen LogP contribution is 2.36. The summed E-state index contributed by atoms with van der Waals surface area (Å²) in [7, 11) is -7.56. The van der Waals surface area contributed by atoms with Gasteiger partial charge in [-0.2, -0.15) is 11.1 Å². The number of imidazole rings is 1. The summed E-state index contributed by atoms with van der Waals surface area (Å²) in [6.45, 7) is 22.8. The van der Waals surface area contributed by atoms with Crippen molar-refractivity contribution >= 4 is 48.8 Å². The summed E-state index contributed by atoms with van der Waals surface area (Å²) in [6, 6.07) is 0. The van der Waals surface area contributed by atoms with Gasteiger partial charge in [-0.3, -0.25) is 4.79 Å². The molecule has 1 rings (SSSR count). The Bertz CT molecular complexity index is 600. The van der Waals surface area contributed by atoms with Crippen LogP contribution in [-0.2, 0) is 4.79 Å². The van der Waals surface area contributed by atoms with Crippen LogP contribution in [0.5, 0.6) is 0 Å². The van der Waals surface area contributed by atoms with E-state index in [0.29, 0.717) is 0 Å². The lowest BCUT2D eigenvalue weighted by molar-refractivity contribution is -0.192. The number of carbonyl (C=O) groups excluding carboxylic acids is 1. The van der Waals surface area contributed by atoms with Gasteiger partial charge in [0, 0.05) is 12.4 Å². The summed E-state index contributed by atoms with van der Waals surface area (Å²) in [6.07, 6.45) is 5.76. The lowest BCUT2D eigenvalue weighted by Crippen LogP contribution is -2.69. The first-order chi connectivity index (χ1) is 12.5. The molecule has 1 aromatic rings. The van der Waals surface area contributed by atoms with E-state index in [2.05, 4.69) is 48.5 Å². The predicted molar refractivity (Wildman–Crippen MR) is 130 cm³/mol. The molecule has 0 aliphatic carbocycles. The quantitative estimate of drug-likeness (QED) is 0.260. The molecule has 172 valence electrons. The van der Waals surface area contributed by atoms with E-state index in [1.165, 1.54) is 0 Å². The third-order valence-corrected chi connectivity index (χ3v) is 14.7. The summed E-state index contributed by atoms with van der Waals surface area (Å²) >= 11 is 5.67. The molecule has 0 saturated heterocycles. The Morgan fingerprint density at radius 1 is 0.931 bits per heavy atom. The third-order valence-electron chi connectivity index (χ3n) is 3.79. The fourth-order valence-corrected chi connectivity index (χ4v) is 13.9. The zero-order chi connectivity index (χ0) is 24.1. The summed E-state index contributed by atoms with van der Waals surface area (Å²) in [4.78, 5) is 13.0. The molecule has 0 N–H and O–H groups in total. The van der Waals surface area contributed by atoms with Gasteiger partial charge in [-0.05, 0) is 5.34 Å². The van der Waals surface area contributed by atoms with Crippen LogP contribution in [0.25, 0.3) is 0 Å². The van der Waals surface area contributed by atoms with Crippen molar-refractivity contribution < 1.29 is 18.1 Å². The fourth-order valence-electron chi connectivity index (χ4n) is 2.54. The van der Waals surface area contributed by atoms with Crippen molar-refractivity contribution in [2.45, 2.75) is 83.5 Å². The molecule has 0 bridgehead atoms. The average molecular weight is 506 g/mol. The average Bonchev–Trinajstić information content (AvgIpc) is 2.95. The van der Waals surface area contributed by atoms with Crippen LogP contribution in [0.2, 0.25) is 78.6 Å². The van der Waals surface area contributed by atoms with Gasteiger partial charge in [0.1, 0.15) is 7.38 Å². The van der Waals surface area contributed by atoms with Gasteiger partial charge in [-0.25, -0.2) is 9.37 Å². The number of carbonyl (C=O) groups is 1. The Balaban J connectivity index is 0. The smallest absolute Gasteiger partial charge is 0.313 e. The van der Waals surface area contributed by atoms with Crippen molar-refractivity contribution in [2.24, 2.45) is 0 Å². The van der Waals surface area contributed by atoms with E-state index >= 15 is 0 Å². The van der Waals surface area contributed by atoms with Gasteiger partial charge in [0.15, 0.2) is 13.2 Å². The van der Waals surface area contributed by atoms with Gasteiger partial charge < -0.3 is 4.23 Å². The summed E-state index contributed by atoms with van der Waals surface area (Å²) in [5.41, 5.74) is 0. The van der Waals surface area contributed by atoms with Gasteiger partial charge in [0.2, 0.25) is 0 Å². The second kappa shape index (κ2) is 10.8. The van der Waals surface area contributed by atoms with E-state index < -0.39 is 47.9 Å². The normalized spacial score (nSPS) is 13.0. The lowest BCUT2D eigenvalue weighted by atomic mass is 10.7. The topological polar surface area (TPSA) is 38.1 Å². The van der Waals surface area contributed by atoms with E-state index in [4.69, 9.17) is 11.1 Å². The first-order valence-electron chi connectivity index (χ1n) is 9.48. The molecule has 0 fully saturated rings. The number of hydrogen-bond donors (Lipinski definition) is 0. The minimum absolute atomic E-state index is 1.13. The van der Waals surface area contributed by atoms with E-state index in [0.717, 1.165) is 0 Å². The highest BCUT2D eigenvalue weighted by Gasteiger charge is 2.61. The van der Waals surface area contributed by atoms with Crippen LogP contribution in [0.4, 0.5) is 13.4 Å². The molecule has 4 nitrogen and oxygen atoms in total. The molecule has 0 aromatic carbocycles. The minimum atomic E-state index is -2.65. The Morgan fingerprint density at radius 2 is 1.28 bits per heavy atom. The zero-order valence-electron chi connectivity index (χ0n) is 20.0. The summed E-state index contributed by atoms with van der Waals surface area (Å²) in [5.74, 6) is -1.67. The second-order valence-electron chi connectivity index (χ2n) is 10.9. The molecular formula is C17H39ClF3N3OSi4. The molecule has 1 amide bonds. The Labute approximate surface area is 183 Å². The largest absolute Gasteiger partial charge is 0.365 e. The number of halogens is 4. The number of aromatic nitrogens is 2. The van der Waals surface area contributed by atoms with Crippen LogP contribution >= 0.6 is 11.1 Å². The molecule has 29 heavy (non-hydrogen) atoms. The van der Waals surface area contributed by atoms with Gasteiger partial charge in [0.05, 0.1) is 22.5 Å². The van der Waals surface area contributed by atoms with Gasteiger partial charge in [-0.15, -0.1) is 0 Å². The Morgan fingerprint density at radius 3 is 1.38 bits per heavy atom. The van der Waals surface area contributed by atoms with Crippen molar-refractivity contribution in [3.8, 4) is 0 Å². The van der Waals surface area contributed by atoms with Crippen molar-refractivity contribution in [1.82, 2.24) is 14.6 Å². The fraction of sp³-hybridized carbons (Fsp3) is 0.765. The molecule has 0 aliphatic rings. The molecule has 0 radical (unpaired) electrons. The molecule has 1 aromatic heterocycles. The van der Waals surface area contributed by atoms with Crippen LogP contribution in [-0.4, -0.2) is 57.2 Å². The van der Waals surface area contributed by atoms with Crippen LogP contribution in [0, 0.1) is 0 Å². The van der Waals surface area contributed by atoms with Crippen LogP contribution in [0.3, 0.4) is 0 Å². The van der Waals surface area contributed by atoms with Crippen molar-refractivity contribution in [2.75, 3.05) is 0 Å². The summed E-state index contributed by atoms with van der Waals surface area (Å²) in [5, 5.41) is -1.60. The highest BCUT2D eigenvalue weighted by atomic mass is 35.6. The zero-order valence-corrected chi connectivity index (χ0v) is 24.7. The number of alkyl halides is 1. The molecule has 0 aliphatic heterocycles. The number of rotatable bonds is 4. The summed E-state index contributed by atoms with van der Waals surface area (Å²) < 4.78 is 41.5. The van der Waals surface area contributed by atoms with E-state index in [1.807, 2.05) is 18.7 Å². The van der Waals surface area contributed by atoms with Crippen LogP contribution in [0.1, 0.15) is 0 Å². The molecule has 0 saturated carbocycles. The number of nitrogens with zero attached hydrogens (tertiary/aromatic N) is 3. The molecule has 0 spiro atoms. The standard InChI is InChI=1S/C8H18F3NOSi2.C6H12N2Si.C3H9ClSi/c1-14(2,3)8(9,15(4,5)6)7(13)12(10)11;1-9(2,3)8-5-4-7-6-8;1-5(2,3)4/h1-6H3;4-6H,1-3H3;1-3H3. The predicted octanol–water partition coefficient (Wildman–Crippen LogP) is 6.67. The van der Waals surface area contributed by atoms with E-state index in [1.54, 1.807) is 39.3 Å². The molecule has 0 unspecified atom stereocenters. The minimum Gasteiger partial charge on any atom is -0.365 e. The van der Waals surface area contributed by atoms with Crippen molar-refractivity contribution in [3.05, 3.63) is 18.7 Å². The number of amides is 1. The van der Waals surface area contributed by atoms with E-state index in [-0.39, 0.29) is 0 Å². The maximum absolute atomic E-state index is 14.7. The highest BCUT2D eigenvalue weighted by molar-refractivity contribution is 7.18. The van der Waals surface area contributed by atoms with Crippen molar-refractivity contribution in [1.29, 1.82) is 0 Å². The second-order valence-corrected chi connectivity index (χ2v) is 34.2. The van der Waals surface area contributed by atoms with Gasteiger partial charge in [0.25, 0.3) is 0 Å². The molecule has 12 heteroatoms. The monoisotopic (exact) mass is 505 g/mol. The maximum atomic E-state index is 14.7. The molecule has 0 atom stereocenters. The molecular weight excluding hydrogens is 467 g/mol. The Hall–Kier alpha value is -0.372. The van der Waals surface area contributed by atoms with Crippen LogP contribution in [0.15, 0.2) is 18.7 Å². The first kappa shape index (κ1) is 30.8. The van der Waals surface area contributed by atoms with E-state index in [9.17, 15) is 18.1 Å². The van der Waals surface area contributed by atoms with Gasteiger partial charge >= 0.3 is 5.91 Å². The Kier molecular flexibility index (Phi) is 11.5. The maximum Gasteiger partial charge on any atom is 0.313 e. The number of hydrogen-bond acceptors (Lipinski definition) is 2. The first-order valence-corrected chi connectivity index (χ1v) is 24.4. The van der Waals surface area contributed by atoms with Gasteiger partial charge in [-0.1, -0.05) is 87.5 Å². The molecule has 1 heterocycles. The lowest BCUT2D eigenvalue weighted by Gasteiger charge is -2.42. The van der Waals surface area contributed by atoms with Crippen LogP contribution < -0.4 is 0 Å².